The van der Waals surface area contributed by atoms with Gasteiger partial charge in [0.15, 0.2) is 0 Å². The summed E-state index contributed by atoms with van der Waals surface area (Å²) in [5.41, 5.74) is 0. The Morgan fingerprint density at radius 2 is 1.77 bits per heavy atom. The fourth-order valence-electron chi connectivity index (χ4n) is 1.28. The Morgan fingerprint density at radius 1 is 1.08 bits per heavy atom. The smallest absolute Gasteiger partial charge is 0.0319 e. The third kappa shape index (κ3) is 12.2. The highest BCUT2D eigenvalue weighted by Gasteiger charge is 1.94. The summed E-state index contributed by atoms with van der Waals surface area (Å²) in [5, 5.41) is 3.72. The largest absolute Gasteiger partial charge is 0.317 e. The molecule has 0 saturated carbocycles. The van der Waals surface area contributed by atoms with Crippen molar-refractivity contribution in [1.82, 2.24) is 5.32 Å². The molecule has 80 valence electrons. The van der Waals surface area contributed by atoms with Gasteiger partial charge in [-0.1, -0.05) is 32.6 Å². The third-order valence-corrected chi connectivity index (χ3v) is 2.39. The first-order valence-corrected chi connectivity index (χ1v) is 6.05. The molecule has 2 heteroatoms. The van der Waals surface area contributed by atoms with Gasteiger partial charge in [-0.2, -0.15) is 0 Å². The van der Waals surface area contributed by atoms with Crippen LogP contribution in [0.4, 0.5) is 0 Å². The Morgan fingerprint density at radius 3 is 2.38 bits per heavy atom. The molecule has 0 amide bonds. The van der Waals surface area contributed by atoms with E-state index in [0.717, 1.165) is 19.5 Å². The van der Waals surface area contributed by atoms with Gasteiger partial charge < -0.3 is 5.32 Å². The van der Waals surface area contributed by atoms with Crippen LogP contribution in [0.5, 0.6) is 0 Å². The molecule has 0 aliphatic rings. The number of hydrogen-bond acceptors (Lipinski definition) is 1. The minimum Gasteiger partial charge on any atom is -0.317 e. The van der Waals surface area contributed by atoms with E-state index < -0.39 is 0 Å². The molecule has 1 unspecified atom stereocenters. The second kappa shape index (κ2) is 10.3. The number of hydrogen-bond donors (Lipinski definition) is 1. The Bertz CT molecular complexity index is 94.1. The van der Waals surface area contributed by atoms with Gasteiger partial charge in [0, 0.05) is 5.38 Å². The zero-order valence-corrected chi connectivity index (χ0v) is 9.87. The molecule has 0 radical (unpaired) electrons. The lowest BCUT2D eigenvalue weighted by atomic mass is 10.1. The Kier molecular flexibility index (Phi) is 10.5. The van der Waals surface area contributed by atoms with Crippen LogP contribution in [-0.4, -0.2) is 18.5 Å². The highest BCUT2D eigenvalue weighted by atomic mass is 35.5. The number of unbranched alkanes of at least 4 members (excludes halogenated alkanes) is 4. The van der Waals surface area contributed by atoms with E-state index >= 15 is 0 Å². The molecule has 1 N–H and O–H groups in total. The second-order valence-corrected chi connectivity index (χ2v) is 4.48. The van der Waals surface area contributed by atoms with Gasteiger partial charge in [0.2, 0.25) is 0 Å². The van der Waals surface area contributed by atoms with Crippen molar-refractivity contribution in [2.75, 3.05) is 13.1 Å². The maximum atomic E-state index is 5.82. The van der Waals surface area contributed by atoms with Crippen LogP contribution in [0.25, 0.3) is 0 Å². The number of halogens is 1. The summed E-state index contributed by atoms with van der Waals surface area (Å²) in [6.07, 6.45) is 7.88. The average molecular weight is 206 g/mol. The van der Waals surface area contributed by atoms with E-state index in [1.54, 1.807) is 0 Å². The molecule has 0 aromatic rings. The first-order chi connectivity index (χ1) is 6.27. The molecule has 0 fully saturated rings. The highest BCUT2D eigenvalue weighted by molar-refractivity contribution is 6.20. The van der Waals surface area contributed by atoms with Crippen molar-refractivity contribution in [3.63, 3.8) is 0 Å². The zero-order chi connectivity index (χ0) is 9.94. The van der Waals surface area contributed by atoms with E-state index in [0.29, 0.717) is 5.38 Å². The van der Waals surface area contributed by atoms with Crippen molar-refractivity contribution in [2.24, 2.45) is 0 Å². The van der Waals surface area contributed by atoms with Crippen LogP contribution in [0.2, 0.25) is 0 Å². The molecule has 13 heavy (non-hydrogen) atoms. The average Bonchev–Trinajstić information content (AvgIpc) is 2.09. The van der Waals surface area contributed by atoms with E-state index in [2.05, 4.69) is 12.2 Å². The van der Waals surface area contributed by atoms with E-state index in [1.807, 2.05) is 6.92 Å². The summed E-state index contributed by atoms with van der Waals surface area (Å²) in [6, 6.07) is 0. The molecule has 0 aliphatic carbocycles. The van der Waals surface area contributed by atoms with Crippen LogP contribution in [-0.2, 0) is 0 Å². The summed E-state index contributed by atoms with van der Waals surface area (Å²) >= 11 is 5.82. The molecule has 0 saturated heterocycles. The van der Waals surface area contributed by atoms with Gasteiger partial charge in [0.1, 0.15) is 0 Å². The number of alkyl halides is 1. The fraction of sp³-hybridized carbons (Fsp3) is 1.00. The lowest BCUT2D eigenvalue weighted by Gasteiger charge is -2.05. The maximum Gasteiger partial charge on any atom is 0.0319 e. The van der Waals surface area contributed by atoms with Crippen molar-refractivity contribution in [3.05, 3.63) is 0 Å². The van der Waals surface area contributed by atoms with Crippen molar-refractivity contribution in [3.8, 4) is 0 Å². The van der Waals surface area contributed by atoms with Crippen molar-refractivity contribution in [1.29, 1.82) is 0 Å². The Hall–Kier alpha value is 0.250. The highest BCUT2D eigenvalue weighted by Crippen LogP contribution is 2.01. The maximum absolute atomic E-state index is 5.82. The third-order valence-electron chi connectivity index (χ3n) is 2.18. The first-order valence-electron chi connectivity index (χ1n) is 5.62. The van der Waals surface area contributed by atoms with Gasteiger partial charge in [-0.3, -0.25) is 0 Å². The standard InChI is InChI=1S/C11H24ClN/c1-3-4-5-6-7-9-13-10-8-11(2)12/h11,13H,3-10H2,1-2H3. The Balaban J connectivity index is 2.84. The SMILES string of the molecule is CCCCCCCNCCC(C)Cl. The van der Waals surface area contributed by atoms with Crippen LogP contribution >= 0.6 is 11.6 Å². The van der Waals surface area contributed by atoms with Gasteiger partial charge in [0.05, 0.1) is 0 Å². The van der Waals surface area contributed by atoms with Gasteiger partial charge in [-0.15, -0.1) is 11.6 Å². The van der Waals surface area contributed by atoms with Crippen LogP contribution < -0.4 is 5.32 Å². The second-order valence-electron chi connectivity index (χ2n) is 3.73. The van der Waals surface area contributed by atoms with Crippen LogP contribution in [0.3, 0.4) is 0 Å². The van der Waals surface area contributed by atoms with E-state index in [4.69, 9.17) is 11.6 Å². The molecule has 0 aliphatic heterocycles. The van der Waals surface area contributed by atoms with Gasteiger partial charge in [0.25, 0.3) is 0 Å². The van der Waals surface area contributed by atoms with Gasteiger partial charge in [-0.05, 0) is 32.9 Å². The molecule has 0 aromatic carbocycles. The number of nitrogens with one attached hydrogen (secondary N) is 1. The predicted octanol–water partition coefficient (Wildman–Crippen LogP) is 3.56. The first kappa shape index (κ1) is 13.2. The predicted molar refractivity (Wildman–Crippen MR) is 61.6 cm³/mol. The molecule has 0 rings (SSSR count). The van der Waals surface area contributed by atoms with Gasteiger partial charge in [-0.25, -0.2) is 0 Å². The summed E-state index contributed by atoms with van der Waals surface area (Å²) in [4.78, 5) is 0. The van der Waals surface area contributed by atoms with Crippen molar-refractivity contribution < 1.29 is 0 Å². The molecular formula is C11H24ClN. The normalized spacial score (nSPS) is 13.2. The van der Waals surface area contributed by atoms with Crippen LogP contribution in [0, 0.1) is 0 Å². The number of rotatable bonds is 9. The monoisotopic (exact) mass is 205 g/mol. The zero-order valence-electron chi connectivity index (χ0n) is 9.11. The minimum atomic E-state index is 0.313. The lowest BCUT2D eigenvalue weighted by Crippen LogP contribution is -2.18. The summed E-state index contributed by atoms with van der Waals surface area (Å²) < 4.78 is 0. The Labute approximate surface area is 88.2 Å². The summed E-state index contributed by atoms with van der Waals surface area (Å²) in [6.45, 7) is 6.52. The summed E-state index contributed by atoms with van der Waals surface area (Å²) in [7, 11) is 0. The van der Waals surface area contributed by atoms with E-state index in [9.17, 15) is 0 Å². The van der Waals surface area contributed by atoms with Crippen LogP contribution in [0.15, 0.2) is 0 Å². The lowest BCUT2D eigenvalue weighted by molar-refractivity contribution is 0.573. The van der Waals surface area contributed by atoms with Crippen molar-refractivity contribution >= 4 is 11.6 Å². The van der Waals surface area contributed by atoms with Crippen LogP contribution in [0.1, 0.15) is 52.4 Å². The minimum absolute atomic E-state index is 0.313. The van der Waals surface area contributed by atoms with E-state index in [-0.39, 0.29) is 0 Å². The molecule has 1 nitrogen and oxygen atoms in total. The topological polar surface area (TPSA) is 12.0 Å². The molecule has 0 aromatic heterocycles. The molecule has 0 spiro atoms. The van der Waals surface area contributed by atoms with Crippen molar-refractivity contribution in [2.45, 2.75) is 57.7 Å². The molecule has 0 heterocycles. The molecule has 1 atom stereocenters. The fourth-order valence-corrected chi connectivity index (χ4v) is 1.39. The van der Waals surface area contributed by atoms with Gasteiger partial charge >= 0.3 is 0 Å². The van der Waals surface area contributed by atoms with E-state index in [1.165, 1.54) is 32.1 Å². The molecular weight excluding hydrogens is 182 g/mol. The molecule has 0 bridgehead atoms. The quantitative estimate of drug-likeness (QED) is 0.449. The summed E-state index contributed by atoms with van der Waals surface area (Å²) in [5.74, 6) is 0.